The van der Waals surface area contributed by atoms with E-state index in [9.17, 15) is 14.7 Å². The van der Waals surface area contributed by atoms with Gasteiger partial charge in [0, 0.05) is 11.6 Å². The SMILES string of the molecule is COC1=CC(=O)C(O)=C(CC2(C)C(C)CCC34CC3(C)CCCC24)C1=O. The van der Waals surface area contributed by atoms with Crippen molar-refractivity contribution in [3.05, 3.63) is 23.2 Å². The molecule has 3 saturated carbocycles. The van der Waals surface area contributed by atoms with E-state index in [0.717, 1.165) is 12.5 Å². The van der Waals surface area contributed by atoms with Gasteiger partial charge in [-0.1, -0.05) is 27.2 Å². The number of methoxy groups -OCH3 is 1. The van der Waals surface area contributed by atoms with Crippen LogP contribution >= 0.6 is 0 Å². The summed E-state index contributed by atoms with van der Waals surface area (Å²) in [5.74, 6) is -0.161. The lowest BCUT2D eigenvalue weighted by molar-refractivity contribution is -0.120. The van der Waals surface area contributed by atoms with E-state index in [4.69, 9.17) is 4.74 Å². The lowest BCUT2D eigenvalue weighted by Gasteiger charge is -2.55. The van der Waals surface area contributed by atoms with Crippen LogP contribution in [0.25, 0.3) is 0 Å². The average molecular weight is 358 g/mol. The summed E-state index contributed by atoms with van der Waals surface area (Å²) in [6, 6.07) is 0. The first-order chi connectivity index (χ1) is 12.2. The second kappa shape index (κ2) is 5.46. The third-order valence-electron chi connectivity index (χ3n) is 8.67. The summed E-state index contributed by atoms with van der Waals surface area (Å²) in [4.78, 5) is 24.9. The Morgan fingerprint density at radius 1 is 1.23 bits per heavy atom. The van der Waals surface area contributed by atoms with E-state index in [1.165, 1.54) is 39.2 Å². The number of carbonyl (C=O) groups excluding carboxylic acids is 2. The van der Waals surface area contributed by atoms with Crippen LogP contribution in [-0.4, -0.2) is 23.8 Å². The van der Waals surface area contributed by atoms with Crippen LogP contribution in [0.4, 0.5) is 0 Å². The zero-order valence-corrected chi connectivity index (χ0v) is 16.4. The number of hydrogen-bond donors (Lipinski definition) is 1. The number of Topliss-reactive ketones (excluding diaryl/α,β-unsaturated/α-hetero) is 1. The molecule has 0 radical (unpaired) electrons. The molecule has 1 spiro atoms. The molecular weight excluding hydrogens is 328 g/mol. The van der Waals surface area contributed by atoms with Crippen molar-refractivity contribution in [2.24, 2.45) is 28.1 Å². The second-order valence-electron chi connectivity index (χ2n) is 9.69. The monoisotopic (exact) mass is 358 g/mol. The highest BCUT2D eigenvalue weighted by Gasteiger charge is 2.72. The van der Waals surface area contributed by atoms with Gasteiger partial charge < -0.3 is 9.84 Å². The van der Waals surface area contributed by atoms with E-state index in [1.54, 1.807) is 0 Å². The van der Waals surface area contributed by atoms with Crippen LogP contribution in [0, 0.1) is 28.1 Å². The molecule has 0 aromatic heterocycles. The van der Waals surface area contributed by atoms with E-state index in [1.807, 2.05) is 0 Å². The van der Waals surface area contributed by atoms with E-state index < -0.39 is 5.78 Å². The Bertz CT molecular complexity index is 747. The van der Waals surface area contributed by atoms with Crippen molar-refractivity contribution < 1.29 is 19.4 Å². The van der Waals surface area contributed by atoms with Gasteiger partial charge in [-0.05, 0) is 66.6 Å². The van der Waals surface area contributed by atoms with E-state index in [2.05, 4.69) is 20.8 Å². The molecule has 4 nitrogen and oxygen atoms in total. The zero-order valence-electron chi connectivity index (χ0n) is 16.4. The van der Waals surface area contributed by atoms with Crippen molar-refractivity contribution in [3.63, 3.8) is 0 Å². The molecule has 0 amide bonds. The molecule has 4 aliphatic carbocycles. The number of hydrogen-bond acceptors (Lipinski definition) is 4. The summed E-state index contributed by atoms with van der Waals surface area (Å²) in [7, 11) is 1.40. The van der Waals surface area contributed by atoms with Crippen LogP contribution in [0.5, 0.6) is 0 Å². The molecule has 5 atom stereocenters. The Kier molecular flexibility index (Phi) is 3.74. The summed E-state index contributed by atoms with van der Waals surface area (Å²) >= 11 is 0. The molecule has 0 aliphatic heterocycles. The Morgan fingerprint density at radius 3 is 2.65 bits per heavy atom. The van der Waals surface area contributed by atoms with Crippen LogP contribution in [0.3, 0.4) is 0 Å². The molecule has 3 fully saturated rings. The number of aliphatic hydroxyl groups is 1. The highest BCUT2D eigenvalue weighted by Crippen LogP contribution is 2.80. The molecule has 0 bridgehead atoms. The lowest BCUT2D eigenvalue weighted by atomic mass is 9.50. The summed E-state index contributed by atoms with van der Waals surface area (Å²) < 4.78 is 5.10. The van der Waals surface area contributed by atoms with Crippen LogP contribution in [0.1, 0.15) is 65.7 Å². The third-order valence-corrected chi connectivity index (χ3v) is 8.67. The van der Waals surface area contributed by atoms with Gasteiger partial charge in [-0.3, -0.25) is 9.59 Å². The minimum Gasteiger partial charge on any atom is -0.504 e. The fraction of sp³-hybridized carbons (Fsp3) is 0.727. The third kappa shape index (κ3) is 2.13. The van der Waals surface area contributed by atoms with Crippen molar-refractivity contribution in [1.82, 2.24) is 0 Å². The normalized spacial score (nSPS) is 45.0. The highest BCUT2D eigenvalue weighted by atomic mass is 16.5. The number of allylic oxidation sites excluding steroid dienone is 2. The Balaban J connectivity index is 1.71. The van der Waals surface area contributed by atoms with Gasteiger partial charge in [0.05, 0.1) is 7.11 Å². The molecular formula is C22H30O4. The van der Waals surface area contributed by atoms with Crippen LogP contribution in [0.2, 0.25) is 0 Å². The van der Waals surface area contributed by atoms with Crippen molar-refractivity contribution in [1.29, 1.82) is 0 Å². The molecule has 4 aliphatic rings. The Hall–Kier alpha value is -1.58. The first kappa shape index (κ1) is 17.8. The van der Waals surface area contributed by atoms with Crippen molar-refractivity contribution in [2.75, 3.05) is 7.11 Å². The van der Waals surface area contributed by atoms with Crippen LogP contribution in [-0.2, 0) is 14.3 Å². The van der Waals surface area contributed by atoms with Gasteiger partial charge in [0.1, 0.15) is 0 Å². The van der Waals surface area contributed by atoms with E-state index in [0.29, 0.717) is 29.1 Å². The molecule has 142 valence electrons. The van der Waals surface area contributed by atoms with Crippen molar-refractivity contribution >= 4 is 11.6 Å². The standard InChI is InChI=1S/C22H30O4/c1-13-7-9-22-12-20(22,2)8-5-6-17(22)21(13,3)11-14-18(24)15(23)10-16(26-4)19(14)25/h10,13,17,24H,5-9,11-12H2,1-4H3. The largest absolute Gasteiger partial charge is 0.504 e. The Morgan fingerprint density at radius 2 is 1.96 bits per heavy atom. The van der Waals surface area contributed by atoms with Gasteiger partial charge in [-0.15, -0.1) is 0 Å². The summed E-state index contributed by atoms with van der Waals surface area (Å²) in [6.45, 7) is 7.00. The maximum atomic E-state index is 12.8. The lowest BCUT2D eigenvalue weighted by Crippen LogP contribution is -2.48. The minimum absolute atomic E-state index is 0.0458. The van der Waals surface area contributed by atoms with Crippen LogP contribution in [0.15, 0.2) is 23.2 Å². The fourth-order valence-electron chi connectivity index (χ4n) is 6.83. The first-order valence-electron chi connectivity index (χ1n) is 9.95. The quantitative estimate of drug-likeness (QED) is 0.754. The molecule has 0 heterocycles. The van der Waals surface area contributed by atoms with Gasteiger partial charge >= 0.3 is 0 Å². The number of carbonyl (C=O) groups is 2. The van der Waals surface area contributed by atoms with Crippen molar-refractivity contribution in [3.8, 4) is 0 Å². The topological polar surface area (TPSA) is 63.6 Å². The minimum atomic E-state index is -0.516. The fourth-order valence-corrected chi connectivity index (χ4v) is 6.83. The maximum Gasteiger partial charge on any atom is 0.227 e. The first-order valence-corrected chi connectivity index (χ1v) is 9.95. The molecule has 1 N–H and O–H groups in total. The average Bonchev–Trinajstić information content (AvgIpc) is 3.24. The molecule has 0 aromatic carbocycles. The van der Waals surface area contributed by atoms with E-state index >= 15 is 0 Å². The molecule has 26 heavy (non-hydrogen) atoms. The molecule has 0 aromatic rings. The molecule has 5 unspecified atom stereocenters. The van der Waals surface area contributed by atoms with Gasteiger partial charge in [0.25, 0.3) is 0 Å². The molecule has 0 saturated heterocycles. The predicted octanol–water partition coefficient (Wildman–Crippen LogP) is 4.50. The van der Waals surface area contributed by atoms with E-state index in [-0.39, 0.29) is 28.3 Å². The van der Waals surface area contributed by atoms with Gasteiger partial charge in [-0.2, -0.15) is 0 Å². The number of ether oxygens (including phenoxy) is 1. The number of ketones is 2. The smallest absolute Gasteiger partial charge is 0.227 e. The highest BCUT2D eigenvalue weighted by molar-refractivity contribution is 6.20. The van der Waals surface area contributed by atoms with Gasteiger partial charge in [0.15, 0.2) is 11.5 Å². The van der Waals surface area contributed by atoms with Crippen LogP contribution < -0.4 is 0 Å². The molecule has 4 heteroatoms. The number of rotatable bonds is 3. The van der Waals surface area contributed by atoms with Crippen molar-refractivity contribution in [2.45, 2.75) is 65.7 Å². The summed E-state index contributed by atoms with van der Waals surface area (Å²) in [5, 5.41) is 10.4. The molecule has 4 rings (SSSR count). The number of aliphatic hydroxyl groups excluding tert-OH is 1. The zero-order chi connectivity index (χ0) is 18.9. The predicted molar refractivity (Wildman–Crippen MR) is 98.4 cm³/mol. The van der Waals surface area contributed by atoms with Gasteiger partial charge in [0.2, 0.25) is 11.6 Å². The van der Waals surface area contributed by atoms with Gasteiger partial charge in [-0.25, -0.2) is 0 Å². The Labute approximate surface area is 155 Å². The summed E-state index contributed by atoms with van der Waals surface area (Å²) in [5.41, 5.74) is 1.04. The second-order valence-corrected chi connectivity index (χ2v) is 9.69. The summed E-state index contributed by atoms with van der Waals surface area (Å²) in [6.07, 6.45) is 9.06. The maximum absolute atomic E-state index is 12.8.